The Bertz CT molecular complexity index is 634. The third-order valence-corrected chi connectivity index (χ3v) is 2.91. The second kappa shape index (κ2) is 3.66. The van der Waals surface area contributed by atoms with Crippen molar-refractivity contribution in [1.82, 2.24) is 4.98 Å². The summed E-state index contributed by atoms with van der Waals surface area (Å²) in [6.07, 6.45) is 1.93. The maximum atomic E-state index is 10.9. The van der Waals surface area contributed by atoms with E-state index in [4.69, 9.17) is 5.11 Å². The van der Waals surface area contributed by atoms with Crippen molar-refractivity contribution < 1.29 is 9.90 Å². The molecule has 0 aliphatic carbocycles. The molecule has 4 heteroatoms. The predicted molar refractivity (Wildman–Crippen MR) is 64.7 cm³/mol. The Hall–Kier alpha value is -2.23. The van der Waals surface area contributed by atoms with E-state index in [1.807, 2.05) is 30.3 Å². The van der Waals surface area contributed by atoms with Gasteiger partial charge in [-0.15, -0.1) is 0 Å². The van der Waals surface area contributed by atoms with E-state index in [2.05, 4.69) is 9.98 Å². The summed E-state index contributed by atoms with van der Waals surface area (Å²) in [7, 11) is 0. The van der Waals surface area contributed by atoms with E-state index >= 15 is 0 Å². The van der Waals surface area contributed by atoms with Gasteiger partial charge in [0.25, 0.3) is 0 Å². The molecule has 2 heterocycles. The number of aromatic nitrogens is 1. The van der Waals surface area contributed by atoms with Crippen molar-refractivity contribution in [2.24, 2.45) is 10.9 Å². The monoisotopic (exact) mass is 226 g/mol. The fourth-order valence-corrected chi connectivity index (χ4v) is 2.01. The molecule has 0 amide bonds. The van der Waals surface area contributed by atoms with Crippen molar-refractivity contribution in [3.05, 3.63) is 35.9 Å². The molecule has 84 valence electrons. The van der Waals surface area contributed by atoms with E-state index in [1.165, 1.54) is 6.21 Å². The summed E-state index contributed by atoms with van der Waals surface area (Å²) in [5, 5.41) is 9.99. The molecule has 1 aliphatic heterocycles. The van der Waals surface area contributed by atoms with Gasteiger partial charge < -0.3 is 5.11 Å². The average molecular weight is 226 g/mol. The molecule has 2 aromatic rings. The molecular weight excluding hydrogens is 216 g/mol. The molecule has 0 saturated heterocycles. The van der Waals surface area contributed by atoms with Gasteiger partial charge in [-0.05, 0) is 24.1 Å². The normalized spacial score (nSPS) is 18.0. The number of hydrogen-bond acceptors (Lipinski definition) is 3. The second-order valence-corrected chi connectivity index (χ2v) is 4.09. The Labute approximate surface area is 97.6 Å². The minimum atomic E-state index is -0.840. The van der Waals surface area contributed by atoms with Crippen molar-refractivity contribution in [2.45, 2.75) is 6.42 Å². The number of hydrogen-bond donors (Lipinski definition) is 1. The molecule has 17 heavy (non-hydrogen) atoms. The smallest absolute Gasteiger partial charge is 0.312 e. The van der Waals surface area contributed by atoms with Crippen LogP contribution in [0.2, 0.25) is 0 Å². The zero-order valence-corrected chi connectivity index (χ0v) is 9.00. The minimum Gasteiger partial charge on any atom is -0.481 e. The van der Waals surface area contributed by atoms with Crippen molar-refractivity contribution in [1.29, 1.82) is 0 Å². The lowest BCUT2D eigenvalue weighted by molar-refractivity contribution is -0.139. The zero-order valence-electron chi connectivity index (χ0n) is 9.00. The van der Waals surface area contributed by atoms with Crippen molar-refractivity contribution >= 4 is 28.9 Å². The van der Waals surface area contributed by atoms with Crippen LogP contribution in [-0.2, 0) is 11.2 Å². The van der Waals surface area contributed by atoms with Gasteiger partial charge in [-0.25, -0.2) is 9.98 Å². The number of carboxylic acids is 1. The summed E-state index contributed by atoms with van der Waals surface area (Å²) in [6.45, 7) is 0. The van der Waals surface area contributed by atoms with Crippen LogP contribution < -0.4 is 0 Å². The van der Waals surface area contributed by atoms with Gasteiger partial charge in [0.15, 0.2) is 5.82 Å². The van der Waals surface area contributed by atoms with Crippen LogP contribution in [0.4, 0.5) is 5.82 Å². The van der Waals surface area contributed by atoms with Gasteiger partial charge in [-0.3, -0.25) is 4.79 Å². The van der Waals surface area contributed by atoms with Crippen LogP contribution in [0.25, 0.3) is 10.9 Å². The number of carboxylic acid groups (broad SMARTS) is 1. The molecule has 1 N–H and O–H groups in total. The standard InChI is InChI=1S/C13H10N2O2/c16-13(17)10-6-9-5-8-3-1-2-4-11(8)15-12(9)14-7-10/h1-5,7,10H,6H2,(H,16,17). The lowest BCUT2D eigenvalue weighted by atomic mass is 9.97. The van der Waals surface area contributed by atoms with E-state index in [1.54, 1.807) is 0 Å². The molecule has 1 atom stereocenters. The Morgan fingerprint density at radius 1 is 1.35 bits per heavy atom. The van der Waals surface area contributed by atoms with Crippen molar-refractivity contribution in [3.63, 3.8) is 0 Å². The molecule has 3 rings (SSSR count). The summed E-state index contributed by atoms with van der Waals surface area (Å²) in [5.41, 5.74) is 1.79. The van der Waals surface area contributed by atoms with E-state index < -0.39 is 11.9 Å². The highest BCUT2D eigenvalue weighted by molar-refractivity contribution is 5.92. The van der Waals surface area contributed by atoms with Gasteiger partial charge >= 0.3 is 5.97 Å². The SMILES string of the molecule is O=C(O)C1C=Nc2nc3ccccc3cc2C1. The number of pyridine rings is 1. The second-order valence-electron chi connectivity index (χ2n) is 4.09. The minimum absolute atomic E-state index is 0.464. The van der Waals surface area contributed by atoms with E-state index in [9.17, 15) is 4.79 Å². The molecule has 1 unspecified atom stereocenters. The Morgan fingerprint density at radius 3 is 3.00 bits per heavy atom. The predicted octanol–water partition coefficient (Wildman–Crippen LogP) is 2.19. The summed E-state index contributed by atoms with van der Waals surface area (Å²) in [4.78, 5) is 19.5. The van der Waals surface area contributed by atoms with E-state index in [0.717, 1.165) is 16.5 Å². The number of nitrogens with zero attached hydrogens (tertiary/aromatic N) is 2. The molecule has 1 aliphatic rings. The molecule has 1 aromatic heterocycles. The topological polar surface area (TPSA) is 62.5 Å². The third-order valence-electron chi connectivity index (χ3n) is 2.91. The Morgan fingerprint density at radius 2 is 2.18 bits per heavy atom. The third kappa shape index (κ3) is 1.67. The van der Waals surface area contributed by atoms with Crippen LogP contribution in [-0.4, -0.2) is 22.3 Å². The molecule has 0 saturated carbocycles. The quantitative estimate of drug-likeness (QED) is 0.810. The van der Waals surface area contributed by atoms with Gasteiger partial charge in [0.1, 0.15) is 0 Å². The van der Waals surface area contributed by atoms with Crippen LogP contribution in [0.3, 0.4) is 0 Å². The number of aliphatic imine (C=N–C) groups is 1. The van der Waals surface area contributed by atoms with Crippen LogP contribution in [0.15, 0.2) is 35.3 Å². The zero-order chi connectivity index (χ0) is 11.8. The van der Waals surface area contributed by atoms with Crippen LogP contribution in [0.1, 0.15) is 5.56 Å². The molecule has 0 bridgehead atoms. The first-order valence-electron chi connectivity index (χ1n) is 5.40. The van der Waals surface area contributed by atoms with Gasteiger partial charge in [-0.1, -0.05) is 18.2 Å². The van der Waals surface area contributed by atoms with Crippen LogP contribution >= 0.6 is 0 Å². The Kier molecular flexibility index (Phi) is 2.14. The van der Waals surface area contributed by atoms with Gasteiger partial charge in [0.05, 0.1) is 11.4 Å². The highest BCUT2D eigenvalue weighted by Crippen LogP contribution is 2.27. The lowest BCUT2D eigenvalue weighted by Gasteiger charge is -2.14. The summed E-state index contributed by atoms with van der Waals surface area (Å²) >= 11 is 0. The van der Waals surface area contributed by atoms with Crippen LogP contribution in [0, 0.1) is 5.92 Å². The van der Waals surface area contributed by atoms with Crippen molar-refractivity contribution in [2.75, 3.05) is 0 Å². The molecule has 4 nitrogen and oxygen atoms in total. The highest BCUT2D eigenvalue weighted by atomic mass is 16.4. The van der Waals surface area contributed by atoms with E-state index in [-0.39, 0.29) is 0 Å². The first-order valence-corrected chi connectivity index (χ1v) is 5.40. The molecule has 1 aromatic carbocycles. The summed E-state index contributed by atoms with van der Waals surface area (Å²) < 4.78 is 0. The van der Waals surface area contributed by atoms with Crippen molar-refractivity contribution in [3.8, 4) is 0 Å². The summed E-state index contributed by atoms with van der Waals surface area (Å²) in [5.74, 6) is -0.737. The van der Waals surface area contributed by atoms with Gasteiger partial charge in [-0.2, -0.15) is 0 Å². The van der Waals surface area contributed by atoms with Crippen LogP contribution in [0.5, 0.6) is 0 Å². The number of aliphatic carboxylic acids is 1. The lowest BCUT2D eigenvalue weighted by Crippen LogP contribution is -2.20. The number of benzene rings is 1. The number of carbonyl (C=O) groups is 1. The van der Waals surface area contributed by atoms with Gasteiger partial charge in [0.2, 0.25) is 0 Å². The van der Waals surface area contributed by atoms with Gasteiger partial charge in [0, 0.05) is 11.6 Å². The average Bonchev–Trinajstić information content (AvgIpc) is 2.35. The number of para-hydroxylation sites is 1. The maximum Gasteiger partial charge on any atom is 0.312 e. The molecule has 0 spiro atoms. The first kappa shape index (κ1) is 9.96. The highest BCUT2D eigenvalue weighted by Gasteiger charge is 2.22. The first-order chi connectivity index (χ1) is 8.24. The fraction of sp³-hybridized carbons (Fsp3) is 0.154. The van der Waals surface area contributed by atoms with E-state index in [0.29, 0.717) is 12.2 Å². The maximum absolute atomic E-state index is 10.9. The molecule has 0 radical (unpaired) electrons. The molecular formula is C13H10N2O2. The number of fused-ring (bicyclic) bond motifs is 2. The summed E-state index contributed by atoms with van der Waals surface area (Å²) in [6, 6.07) is 9.74. The largest absolute Gasteiger partial charge is 0.481 e. The fourth-order valence-electron chi connectivity index (χ4n) is 2.01. The number of rotatable bonds is 1. The molecule has 0 fully saturated rings. The Balaban J connectivity index is 2.13.